The molecule has 1 saturated heterocycles. The third-order valence-electron chi connectivity index (χ3n) is 8.20. The fourth-order valence-electron chi connectivity index (χ4n) is 5.71. The van der Waals surface area contributed by atoms with E-state index in [4.69, 9.17) is 14.2 Å². The highest BCUT2D eigenvalue weighted by molar-refractivity contribution is 5.94. The van der Waals surface area contributed by atoms with Crippen molar-refractivity contribution in [2.75, 3.05) is 38.6 Å². The van der Waals surface area contributed by atoms with E-state index in [2.05, 4.69) is 20.6 Å². The first-order valence-electron chi connectivity index (χ1n) is 15.4. The summed E-state index contributed by atoms with van der Waals surface area (Å²) < 4.78 is 18.1. The van der Waals surface area contributed by atoms with Crippen LogP contribution in [-0.4, -0.2) is 89.0 Å². The highest BCUT2D eigenvalue weighted by Gasteiger charge is 2.39. The van der Waals surface area contributed by atoms with E-state index in [9.17, 15) is 14.4 Å². The van der Waals surface area contributed by atoms with E-state index in [0.717, 1.165) is 24.0 Å². The van der Waals surface area contributed by atoms with E-state index in [1.54, 1.807) is 16.9 Å². The number of fused-ring (bicyclic) bond motifs is 9. The number of nitrogens with zero attached hydrogens (tertiary/aromatic N) is 4. The zero-order chi connectivity index (χ0) is 31.3. The van der Waals surface area contributed by atoms with Crippen LogP contribution in [0.15, 0.2) is 54.9 Å². The number of methoxy groups -OCH3 is 1. The Hall–Kier alpha value is -4.71. The summed E-state index contributed by atoms with van der Waals surface area (Å²) in [6, 6.07) is 12.8. The first-order chi connectivity index (χ1) is 21.9. The Morgan fingerprint density at radius 3 is 2.64 bits per heavy atom. The SMILES string of the molecule is CCNc1ncc(C(=O)N2C[C@@H]3NC(=O)CN(C4CC4)C(=O)CCc4ccc(c(OC)c4)Oc4cccc(c4)CO[C@H]3C2)cn1. The number of carbonyl (C=O) groups is 3. The molecule has 2 fully saturated rings. The standard InChI is InChI=1S/C33H38N6O6/c1-3-34-33-35-15-23(16-36-33)32(42)38-17-26-29(18-38)44-20-22-5-4-6-25(13-22)45-27-11-7-21(14-28(27)43-2)8-12-31(41)39(24-9-10-24)19-30(40)37-26/h4-7,11,13-16,24,26,29H,3,8-10,12,17-20H2,1-2H3,(H,37,40)(H,34,35,36)/t26-,29-/m0/s1. The number of aryl methyl sites for hydroxylation is 1. The van der Waals surface area contributed by atoms with Crippen molar-refractivity contribution in [3.8, 4) is 17.2 Å². The van der Waals surface area contributed by atoms with E-state index in [-0.39, 0.29) is 56.4 Å². The minimum atomic E-state index is -0.482. The third-order valence-corrected chi connectivity index (χ3v) is 8.20. The van der Waals surface area contributed by atoms with Crippen molar-refractivity contribution in [3.63, 3.8) is 0 Å². The van der Waals surface area contributed by atoms with E-state index in [0.29, 0.717) is 41.7 Å². The molecule has 12 nitrogen and oxygen atoms in total. The number of likely N-dealkylation sites (tertiary alicyclic amines) is 1. The number of hydrogen-bond donors (Lipinski definition) is 2. The lowest BCUT2D eigenvalue weighted by atomic mass is 10.1. The van der Waals surface area contributed by atoms with Gasteiger partial charge in [-0.3, -0.25) is 14.4 Å². The molecule has 45 heavy (non-hydrogen) atoms. The van der Waals surface area contributed by atoms with Gasteiger partial charge in [0.25, 0.3) is 5.91 Å². The van der Waals surface area contributed by atoms with Gasteiger partial charge in [0, 0.05) is 44.5 Å². The average molecular weight is 615 g/mol. The molecule has 3 amide bonds. The molecule has 2 atom stereocenters. The van der Waals surface area contributed by atoms with Crippen LogP contribution in [0, 0.1) is 0 Å². The number of ether oxygens (including phenoxy) is 3. The quantitative estimate of drug-likeness (QED) is 0.444. The molecule has 0 radical (unpaired) electrons. The van der Waals surface area contributed by atoms with Gasteiger partial charge in [-0.15, -0.1) is 0 Å². The molecule has 236 valence electrons. The fraction of sp³-hybridized carbons (Fsp3) is 0.424. The number of aromatic nitrogens is 2. The Morgan fingerprint density at radius 2 is 1.89 bits per heavy atom. The maximum absolute atomic E-state index is 13.4. The first-order valence-corrected chi connectivity index (χ1v) is 15.4. The molecule has 1 saturated carbocycles. The Bertz CT molecular complexity index is 1540. The van der Waals surface area contributed by atoms with Gasteiger partial charge in [0.15, 0.2) is 11.5 Å². The van der Waals surface area contributed by atoms with Crippen LogP contribution < -0.4 is 20.1 Å². The maximum atomic E-state index is 13.4. The van der Waals surface area contributed by atoms with Crippen molar-refractivity contribution in [1.82, 2.24) is 25.1 Å². The molecule has 4 bridgehead atoms. The second-order valence-corrected chi connectivity index (χ2v) is 11.5. The molecule has 7 rings (SSSR count). The molecule has 2 N–H and O–H groups in total. The average Bonchev–Trinajstić information content (AvgIpc) is 3.82. The van der Waals surface area contributed by atoms with Crippen molar-refractivity contribution in [2.24, 2.45) is 0 Å². The van der Waals surface area contributed by atoms with Crippen molar-refractivity contribution in [2.45, 2.75) is 57.4 Å². The van der Waals surface area contributed by atoms with Gasteiger partial charge in [0.05, 0.1) is 38.0 Å². The second kappa shape index (κ2) is 13.5. The number of hydrogen-bond acceptors (Lipinski definition) is 9. The summed E-state index contributed by atoms with van der Waals surface area (Å²) in [4.78, 5) is 51.9. The lowest BCUT2D eigenvalue weighted by Crippen LogP contribution is -2.49. The Balaban J connectivity index is 1.25. The molecule has 1 aromatic heterocycles. The van der Waals surface area contributed by atoms with Gasteiger partial charge in [-0.25, -0.2) is 9.97 Å². The van der Waals surface area contributed by atoms with Crippen LogP contribution in [-0.2, 0) is 27.4 Å². The van der Waals surface area contributed by atoms with Crippen LogP contribution in [0.2, 0.25) is 0 Å². The predicted molar refractivity (Wildman–Crippen MR) is 165 cm³/mol. The smallest absolute Gasteiger partial charge is 0.257 e. The van der Waals surface area contributed by atoms with E-state index >= 15 is 0 Å². The molecule has 0 spiro atoms. The molecule has 4 heterocycles. The van der Waals surface area contributed by atoms with Gasteiger partial charge in [0.2, 0.25) is 17.8 Å². The van der Waals surface area contributed by atoms with Gasteiger partial charge in [-0.2, -0.15) is 0 Å². The van der Waals surface area contributed by atoms with Gasteiger partial charge in [0.1, 0.15) is 5.75 Å². The molecular formula is C33H38N6O6. The maximum Gasteiger partial charge on any atom is 0.257 e. The number of anilines is 1. The molecule has 2 aromatic carbocycles. The Morgan fingerprint density at radius 1 is 1.07 bits per heavy atom. The minimum absolute atomic E-state index is 0.0431. The molecule has 4 aliphatic rings. The number of carbonyl (C=O) groups excluding carboxylic acids is 3. The van der Waals surface area contributed by atoms with E-state index in [1.807, 2.05) is 49.4 Å². The van der Waals surface area contributed by atoms with E-state index < -0.39 is 12.1 Å². The minimum Gasteiger partial charge on any atom is -0.493 e. The fourth-order valence-corrected chi connectivity index (χ4v) is 5.71. The number of benzene rings is 2. The van der Waals surface area contributed by atoms with Crippen LogP contribution in [0.3, 0.4) is 0 Å². The molecule has 1 aliphatic carbocycles. The van der Waals surface area contributed by atoms with Crippen LogP contribution in [0.5, 0.6) is 17.2 Å². The molecule has 12 heteroatoms. The van der Waals surface area contributed by atoms with E-state index in [1.165, 1.54) is 12.4 Å². The third kappa shape index (κ3) is 7.34. The zero-order valence-electron chi connectivity index (χ0n) is 25.5. The van der Waals surface area contributed by atoms with Crippen molar-refractivity contribution < 1.29 is 28.6 Å². The highest BCUT2D eigenvalue weighted by atomic mass is 16.5. The van der Waals surface area contributed by atoms with Gasteiger partial charge in [-0.1, -0.05) is 18.2 Å². The van der Waals surface area contributed by atoms with Gasteiger partial charge >= 0.3 is 0 Å². The molecular weight excluding hydrogens is 576 g/mol. The monoisotopic (exact) mass is 614 g/mol. The lowest BCUT2D eigenvalue weighted by Gasteiger charge is -2.25. The number of amides is 3. The van der Waals surface area contributed by atoms with Gasteiger partial charge in [-0.05, 0) is 61.6 Å². The van der Waals surface area contributed by atoms with Crippen molar-refractivity contribution >= 4 is 23.7 Å². The largest absolute Gasteiger partial charge is 0.493 e. The Kier molecular flexibility index (Phi) is 9.11. The highest BCUT2D eigenvalue weighted by Crippen LogP contribution is 2.34. The van der Waals surface area contributed by atoms with Crippen LogP contribution in [0.1, 0.15) is 47.7 Å². The number of nitrogens with one attached hydrogen (secondary N) is 2. The summed E-state index contributed by atoms with van der Waals surface area (Å²) in [5.41, 5.74) is 2.16. The molecule has 0 unspecified atom stereocenters. The van der Waals surface area contributed by atoms with Crippen LogP contribution in [0.25, 0.3) is 0 Å². The summed E-state index contributed by atoms with van der Waals surface area (Å²) >= 11 is 0. The zero-order valence-corrected chi connectivity index (χ0v) is 25.5. The van der Waals surface area contributed by atoms with Crippen LogP contribution >= 0.6 is 0 Å². The number of rotatable bonds is 5. The summed E-state index contributed by atoms with van der Waals surface area (Å²) in [6.07, 6.45) is 5.04. The van der Waals surface area contributed by atoms with Crippen molar-refractivity contribution in [1.29, 1.82) is 0 Å². The molecule has 3 aliphatic heterocycles. The summed E-state index contributed by atoms with van der Waals surface area (Å²) in [5.74, 6) is 1.60. The van der Waals surface area contributed by atoms with Crippen LogP contribution in [0.4, 0.5) is 5.95 Å². The normalized spacial score (nSPS) is 20.8. The summed E-state index contributed by atoms with van der Waals surface area (Å²) in [6.45, 7) is 3.31. The second-order valence-electron chi connectivity index (χ2n) is 11.5. The predicted octanol–water partition coefficient (Wildman–Crippen LogP) is 3.17. The molecule has 3 aromatic rings. The van der Waals surface area contributed by atoms with Crippen molar-refractivity contribution in [3.05, 3.63) is 71.5 Å². The summed E-state index contributed by atoms with van der Waals surface area (Å²) in [5, 5.41) is 6.09. The lowest BCUT2D eigenvalue weighted by molar-refractivity contribution is -0.137. The summed E-state index contributed by atoms with van der Waals surface area (Å²) in [7, 11) is 1.59. The topological polar surface area (TPSA) is 135 Å². The Labute approximate surface area is 262 Å². The van der Waals surface area contributed by atoms with Gasteiger partial charge < -0.3 is 34.6 Å². The first kappa shape index (κ1) is 30.3.